The van der Waals surface area contributed by atoms with Crippen molar-refractivity contribution < 1.29 is 14.3 Å². The van der Waals surface area contributed by atoms with Crippen molar-refractivity contribution >= 4 is 17.5 Å². The lowest BCUT2D eigenvalue weighted by Gasteiger charge is -2.16. The molecule has 1 aliphatic rings. The van der Waals surface area contributed by atoms with Crippen molar-refractivity contribution in [3.63, 3.8) is 0 Å². The van der Waals surface area contributed by atoms with Crippen LogP contribution in [0.25, 0.3) is 0 Å². The maximum Gasteiger partial charge on any atom is 0.274 e. The van der Waals surface area contributed by atoms with Gasteiger partial charge in [-0.2, -0.15) is 0 Å². The lowest BCUT2D eigenvalue weighted by atomic mass is 10.1. The SMILES string of the molecule is COc1ccc(NC(=O)c2ccnc(NC3CCCCCC3)n2)c(OC)c1. The third kappa shape index (κ3) is 5.09. The van der Waals surface area contributed by atoms with Crippen LogP contribution in [0.2, 0.25) is 0 Å². The summed E-state index contributed by atoms with van der Waals surface area (Å²) in [6, 6.07) is 7.18. The van der Waals surface area contributed by atoms with Crippen LogP contribution in [0.3, 0.4) is 0 Å². The molecular weight excluding hydrogens is 344 g/mol. The van der Waals surface area contributed by atoms with Crippen molar-refractivity contribution in [2.45, 2.75) is 44.6 Å². The molecule has 2 aromatic rings. The van der Waals surface area contributed by atoms with E-state index in [0.29, 0.717) is 34.9 Å². The second-order valence-corrected chi connectivity index (χ2v) is 6.62. The first-order valence-electron chi connectivity index (χ1n) is 9.32. The van der Waals surface area contributed by atoms with Crippen molar-refractivity contribution in [1.82, 2.24) is 9.97 Å². The second-order valence-electron chi connectivity index (χ2n) is 6.62. The van der Waals surface area contributed by atoms with Crippen molar-refractivity contribution in [2.24, 2.45) is 0 Å². The van der Waals surface area contributed by atoms with Crippen molar-refractivity contribution in [1.29, 1.82) is 0 Å². The Labute approximate surface area is 159 Å². The number of benzene rings is 1. The van der Waals surface area contributed by atoms with E-state index in [0.717, 1.165) is 12.8 Å². The van der Waals surface area contributed by atoms with Gasteiger partial charge in [0.15, 0.2) is 0 Å². The Hall–Kier alpha value is -2.83. The number of hydrogen-bond donors (Lipinski definition) is 2. The largest absolute Gasteiger partial charge is 0.497 e. The molecule has 1 saturated carbocycles. The fourth-order valence-corrected chi connectivity index (χ4v) is 3.25. The fraction of sp³-hybridized carbons (Fsp3) is 0.450. The zero-order chi connectivity index (χ0) is 19.1. The van der Waals surface area contributed by atoms with E-state index in [1.54, 1.807) is 44.7 Å². The molecule has 0 radical (unpaired) electrons. The predicted molar refractivity (Wildman–Crippen MR) is 105 cm³/mol. The molecule has 1 amide bonds. The molecule has 0 saturated heterocycles. The van der Waals surface area contributed by atoms with Crippen molar-refractivity contribution in [3.05, 3.63) is 36.2 Å². The summed E-state index contributed by atoms with van der Waals surface area (Å²) in [5, 5.41) is 6.21. The van der Waals surface area contributed by atoms with E-state index in [-0.39, 0.29) is 5.91 Å². The monoisotopic (exact) mass is 370 g/mol. The van der Waals surface area contributed by atoms with Crippen LogP contribution in [0, 0.1) is 0 Å². The number of rotatable bonds is 6. The molecule has 1 aromatic carbocycles. The standard InChI is InChI=1S/C20H26N4O3/c1-26-15-9-10-16(18(13-15)27-2)23-19(25)17-11-12-21-20(24-17)22-14-7-5-3-4-6-8-14/h9-14H,3-8H2,1-2H3,(H,23,25)(H,21,22,24). The van der Waals surface area contributed by atoms with Crippen LogP contribution in [0.1, 0.15) is 49.0 Å². The van der Waals surface area contributed by atoms with E-state index < -0.39 is 0 Å². The molecule has 1 aliphatic carbocycles. The molecule has 1 aromatic heterocycles. The average molecular weight is 370 g/mol. The first-order chi connectivity index (χ1) is 13.2. The smallest absolute Gasteiger partial charge is 0.274 e. The summed E-state index contributed by atoms with van der Waals surface area (Å²) in [4.78, 5) is 21.3. The molecule has 144 valence electrons. The molecule has 0 atom stereocenters. The van der Waals surface area contributed by atoms with Crippen LogP contribution in [-0.4, -0.2) is 36.1 Å². The summed E-state index contributed by atoms with van der Waals surface area (Å²) < 4.78 is 10.5. The van der Waals surface area contributed by atoms with Gasteiger partial charge in [-0.3, -0.25) is 4.79 Å². The van der Waals surface area contributed by atoms with Crippen LogP contribution < -0.4 is 20.1 Å². The lowest BCUT2D eigenvalue weighted by molar-refractivity contribution is 0.102. The van der Waals surface area contributed by atoms with Gasteiger partial charge in [0.2, 0.25) is 5.95 Å². The quantitative estimate of drug-likeness (QED) is 0.751. The Morgan fingerprint density at radius 2 is 1.85 bits per heavy atom. The van der Waals surface area contributed by atoms with Gasteiger partial charge in [0, 0.05) is 18.3 Å². The third-order valence-electron chi connectivity index (χ3n) is 4.73. The molecule has 2 N–H and O–H groups in total. The van der Waals surface area contributed by atoms with Crippen LogP contribution in [-0.2, 0) is 0 Å². The minimum atomic E-state index is -0.315. The van der Waals surface area contributed by atoms with Crippen LogP contribution in [0.4, 0.5) is 11.6 Å². The van der Waals surface area contributed by atoms with E-state index in [1.165, 1.54) is 25.7 Å². The summed E-state index contributed by atoms with van der Waals surface area (Å²) in [6.07, 6.45) is 8.83. The predicted octanol–water partition coefficient (Wildman–Crippen LogP) is 3.88. The maximum atomic E-state index is 12.6. The number of nitrogens with one attached hydrogen (secondary N) is 2. The van der Waals surface area contributed by atoms with E-state index in [9.17, 15) is 4.79 Å². The average Bonchev–Trinajstić information content (AvgIpc) is 2.97. The fourth-order valence-electron chi connectivity index (χ4n) is 3.25. The molecule has 1 heterocycles. The molecule has 0 aliphatic heterocycles. The number of anilines is 2. The van der Waals surface area contributed by atoms with Gasteiger partial charge in [0.05, 0.1) is 19.9 Å². The van der Waals surface area contributed by atoms with Gasteiger partial charge in [-0.05, 0) is 31.0 Å². The molecule has 27 heavy (non-hydrogen) atoms. The zero-order valence-electron chi connectivity index (χ0n) is 15.8. The molecule has 0 bridgehead atoms. The molecule has 7 heteroatoms. The minimum absolute atomic E-state index is 0.305. The summed E-state index contributed by atoms with van der Waals surface area (Å²) in [6.45, 7) is 0. The zero-order valence-corrected chi connectivity index (χ0v) is 15.8. The highest BCUT2D eigenvalue weighted by Crippen LogP contribution is 2.29. The Morgan fingerprint density at radius 1 is 1.07 bits per heavy atom. The Kier molecular flexibility index (Phi) is 6.46. The Morgan fingerprint density at radius 3 is 2.56 bits per heavy atom. The Bertz CT molecular complexity index is 774. The third-order valence-corrected chi connectivity index (χ3v) is 4.73. The summed E-state index contributed by atoms with van der Waals surface area (Å²) >= 11 is 0. The van der Waals surface area contributed by atoms with Crippen molar-refractivity contribution in [3.8, 4) is 11.5 Å². The first kappa shape index (κ1) is 18.9. The maximum absolute atomic E-state index is 12.6. The number of aromatic nitrogens is 2. The van der Waals surface area contributed by atoms with Crippen LogP contribution >= 0.6 is 0 Å². The first-order valence-corrected chi connectivity index (χ1v) is 9.32. The molecule has 1 fully saturated rings. The van der Waals surface area contributed by atoms with Gasteiger partial charge in [0.25, 0.3) is 5.91 Å². The topological polar surface area (TPSA) is 85.4 Å². The van der Waals surface area contributed by atoms with E-state index in [4.69, 9.17) is 9.47 Å². The number of hydrogen-bond acceptors (Lipinski definition) is 6. The Balaban J connectivity index is 1.70. The number of nitrogens with zero attached hydrogens (tertiary/aromatic N) is 2. The minimum Gasteiger partial charge on any atom is -0.497 e. The molecule has 0 spiro atoms. The summed E-state index contributed by atoms with van der Waals surface area (Å²) in [5.41, 5.74) is 0.860. The lowest BCUT2D eigenvalue weighted by Crippen LogP contribution is -2.21. The van der Waals surface area contributed by atoms with Gasteiger partial charge in [-0.1, -0.05) is 25.7 Å². The van der Waals surface area contributed by atoms with Gasteiger partial charge >= 0.3 is 0 Å². The highest BCUT2D eigenvalue weighted by molar-refractivity contribution is 6.03. The number of carbonyl (C=O) groups is 1. The highest BCUT2D eigenvalue weighted by atomic mass is 16.5. The summed E-state index contributed by atoms with van der Waals surface area (Å²) in [5.74, 6) is 1.36. The number of methoxy groups -OCH3 is 2. The van der Waals surface area contributed by atoms with Gasteiger partial charge in [0.1, 0.15) is 17.2 Å². The van der Waals surface area contributed by atoms with E-state index in [2.05, 4.69) is 20.6 Å². The van der Waals surface area contributed by atoms with Gasteiger partial charge in [-0.15, -0.1) is 0 Å². The molecule has 3 rings (SSSR count). The molecule has 7 nitrogen and oxygen atoms in total. The van der Waals surface area contributed by atoms with E-state index >= 15 is 0 Å². The van der Waals surface area contributed by atoms with Crippen molar-refractivity contribution in [2.75, 3.05) is 24.9 Å². The molecule has 0 unspecified atom stereocenters. The van der Waals surface area contributed by atoms with Crippen LogP contribution in [0.5, 0.6) is 11.5 Å². The number of amides is 1. The summed E-state index contributed by atoms with van der Waals surface area (Å²) in [7, 11) is 3.13. The van der Waals surface area contributed by atoms with Gasteiger partial charge < -0.3 is 20.1 Å². The highest BCUT2D eigenvalue weighted by Gasteiger charge is 2.16. The van der Waals surface area contributed by atoms with Crippen LogP contribution in [0.15, 0.2) is 30.5 Å². The van der Waals surface area contributed by atoms with E-state index in [1.807, 2.05) is 0 Å². The normalized spacial score (nSPS) is 14.9. The number of carbonyl (C=O) groups excluding carboxylic acids is 1. The second kappa shape index (κ2) is 9.21. The van der Waals surface area contributed by atoms with Gasteiger partial charge in [-0.25, -0.2) is 9.97 Å². The number of ether oxygens (including phenoxy) is 2. The molecular formula is C20H26N4O3.